The molecule has 0 fully saturated rings. The number of ether oxygens (including phenoxy) is 2. The number of rotatable bonds is 7. The van der Waals surface area contributed by atoms with Crippen LogP contribution >= 0.6 is 11.6 Å². The van der Waals surface area contributed by atoms with Gasteiger partial charge in [-0.1, -0.05) is 41.9 Å². The summed E-state index contributed by atoms with van der Waals surface area (Å²) in [6.07, 6.45) is 3.29. The minimum absolute atomic E-state index is 0.0857. The van der Waals surface area contributed by atoms with E-state index >= 15 is 0 Å². The second-order valence-corrected chi connectivity index (χ2v) is 6.69. The molecule has 29 heavy (non-hydrogen) atoms. The van der Waals surface area contributed by atoms with Crippen molar-refractivity contribution < 1.29 is 19.1 Å². The third kappa shape index (κ3) is 5.80. The van der Waals surface area contributed by atoms with Crippen molar-refractivity contribution in [2.45, 2.75) is 6.61 Å². The van der Waals surface area contributed by atoms with E-state index in [4.69, 9.17) is 16.3 Å². The highest BCUT2D eigenvalue weighted by molar-refractivity contribution is 6.30. The molecule has 0 heterocycles. The van der Waals surface area contributed by atoms with Gasteiger partial charge in [-0.05, 0) is 65.7 Å². The molecule has 0 radical (unpaired) electrons. The summed E-state index contributed by atoms with van der Waals surface area (Å²) in [5.74, 6) is 0.260. The third-order valence-electron chi connectivity index (χ3n) is 4.22. The fourth-order valence-corrected chi connectivity index (χ4v) is 2.71. The summed E-state index contributed by atoms with van der Waals surface area (Å²) in [4.78, 5) is 23.6. The second-order valence-electron chi connectivity index (χ2n) is 6.25. The van der Waals surface area contributed by atoms with E-state index in [-0.39, 0.29) is 11.8 Å². The van der Waals surface area contributed by atoms with Crippen LogP contribution in [0.3, 0.4) is 0 Å². The first kappa shape index (κ1) is 20.4. The average molecular weight is 407 g/mol. The molecule has 3 aromatic rings. The lowest BCUT2D eigenvalue weighted by molar-refractivity contribution is 0.0600. The number of methoxy groups -OCH3 is 1. The van der Waals surface area contributed by atoms with Crippen LogP contribution in [0, 0.1) is 0 Å². The lowest BCUT2D eigenvalue weighted by Gasteiger charge is -2.07. The first-order valence-corrected chi connectivity index (χ1v) is 9.31. The summed E-state index contributed by atoms with van der Waals surface area (Å²) in [5.41, 5.74) is 2.92. The molecule has 0 aromatic heterocycles. The maximum atomic E-state index is 12.2. The molecule has 0 saturated heterocycles. The molecule has 3 rings (SSSR count). The first-order valence-electron chi connectivity index (χ1n) is 8.93. The minimum Gasteiger partial charge on any atom is -0.489 e. The number of ketones is 1. The van der Waals surface area contributed by atoms with Gasteiger partial charge in [-0.25, -0.2) is 4.79 Å². The molecule has 0 spiro atoms. The van der Waals surface area contributed by atoms with E-state index in [2.05, 4.69) is 4.74 Å². The van der Waals surface area contributed by atoms with Crippen LogP contribution in [0.25, 0.3) is 6.08 Å². The van der Waals surface area contributed by atoms with Gasteiger partial charge in [0.05, 0.1) is 12.7 Å². The summed E-state index contributed by atoms with van der Waals surface area (Å²) >= 11 is 5.83. The largest absolute Gasteiger partial charge is 0.489 e. The van der Waals surface area contributed by atoms with Crippen LogP contribution < -0.4 is 4.74 Å². The highest BCUT2D eigenvalue weighted by Gasteiger charge is 2.05. The highest BCUT2D eigenvalue weighted by Crippen LogP contribution is 2.16. The maximum absolute atomic E-state index is 12.2. The molecule has 0 atom stereocenters. The number of hydrogen-bond acceptors (Lipinski definition) is 4. The van der Waals surface area contributed by atoms with Gasteiger partial charge in [-0.2, -0.15) is 0 Å². The van der Waals surface area contributed by atoms with Crippen LogP contribution in [0.1, 0.15) is 31.8 Å². The number of benzene rings is 3. The van der Waals surface area contributed by atoms with Gasteiger partial charge in [0.25, 0.3) is 0 Å². The smallest absolute Gasteiger partial charge is 0.337 e. The molecule has 0 aliphatic carbocycles. The Balaban J connectivity index is 1.55. The third-order valence-corrected chi connectivity index (χ3v) is 4.47. The number of allylic oxidation sites excluding steroid dienone is 1. The first-order chi connectivity index (χ1) is 14.0. The van der Waals surface area contributed by atoms with E-state index < -0.39 is 0 Å². The quantitative estimate of drug-likeness (QED) is 0.291. The molecule has 0 aliphatic rings. The van der Waals surface area contributed by atoms with Crippen molar-refractivity contribution in [3.63, 3.8) is 0 Å². The Kier molecular flexibility index (Phi) is 6.82. The number of carbonyl (C=O) groups excluding carboxylic acids is 2. The van der Waals surface area contributed by atoms with E-state index in [0.717, 1.165) is 11.1 Å². The molecule has 0 unspecified atom stereocenters. The normalized spacial score (nSPS) is 10.7. The maximum Gasteiger partial charge on any atom is 0.337 e. The van der Waals surface area contributed by atoms with Crippen molar-refractivity contribution in [1.29, 1.82) is 0 Å². The van der Waals surface area contributed by atoms with Gasteiger partial charge in [0.15, 0.2) is 5.78 Å². The number of esters is 1. The summed E-state index contributed by atoms with van der Waals surface area (Å²) in [6, 6.07) is 21.3. The molecule has 3 aromatic carbocycles. The van der Waals surface area contributed by atoms with Gasteiger partial charge in [0.1, 0.15) is 12.4 Å². The van der Waals surface area contributed by atoms with Gasteiger partial charge in [0.2, 0.25) is 0 Å². The SMILES string of the molecule is COC(=O)c1ccc(COc2ccc(C=CC(=O)c3ccc(Cl)cc3)cc2)cc1. The Morgan fingerprint density at radius 3 is 2.10 bits per heavy atom. The Hall–Kier alpha value is -3.37. The van der Waals surface area contributed by atoms with Crippen LogP contribution in [0.4, 0.5) is 0 Å². The van der Waals surface area contributed by atoms with Gasteiger partial charge >= 0.3 is 5.97 Å². The van der Waals surface area contributed by atoms with Crippen LogP contribution in [-0.2, 0) is 11.3 Å². The average Bonchev–Trinajstić information content (AvgIpc) is 2.77. The fourth-order valence-electron chi connectivity index (χ4n) is 2.58. The van der Waals surface area contributed by atoms with Crippen molar-refractivity contribution in [3.05, 3.63) is 106 Å². The van der Waals surface area contributed by atoms with E-state index in [1.807, 2.05) is 36.4 Å². The summed E-state index contributed by atoms with van der Waals surface area (Å²) in [6.45, 7) is 0.381. The molecule has 0 bridgehead atoms. The van der Waals surface area contributed by atoms with E-state index in [0.29, 0.717) is 28.5 Å². The summed E-state index contributed by atoms with van der Waals surface area (Å²) < 4.78 is 10.4. The van der Waals surface area contributed by atoms with E-state index in [9.17, 15) is 9.59 Å². The zero-order valence-electron chi connectivity index (χ0n) is 15.8. The Morgan fingerprint density at radius 1 is 0.862 bits per heavy atom. The van der Waals surface area contributed by atoms with Gasteiger partial charge in [0, 0.05) is 10.6 Å². The summed E-state index contributed by atoms with van der Waals surface area (Å²) in [7, 11) is 1.35. The number of halogens is 1. The highest BCUT2D eigenvalue weighted by atomic mass is 35.5. The van der Waals surface area contributed by atoms with Crippen molar-refractivity contribution in [3.8, 4) is 5.75 Å². The van der Waals surface area contributed by atoms with Gasteiger partial charge in [-0.3, -0.25) is 4.79 Å². The summed E-state index contributed by atoms with van der Waals surface area (Å²) in [5, 5.41) is 0.598. The molecule has 0 amide bonds. The van der Waals surface area contributed by atoms with E-state index in [1.165, 1.54) is 13.2 Å². The van der Waals surface area contributed by atoms with Gasteiger partial charge < -0.3 is 9.47 Å². The van der Waals surface area contributed by atoms with Crippen LogP contribution in [0.5, 0.6) is 5.75 Å². The second kappa shape index (κ2) is 9.71. The zero-order chi connectivity index (χ0) is 20.6. The standard InChI is InChI=1S/C24H19ClO4/c1-28-24(27)20-7-2-18(3-8-20)16-29-22-13-4-17(5-14-22)6-15-23(26)19-9-11-21(25)12-10-19/h2-15H,16H2,1H3. The fraction of sp³-hybridized carbons (Fsp3) is 0.0833. The monoisotopic (exact) mass is 406 g/mol. The molecule has 0 saturated carbocycles. The minimum atomic E-state index is -0.365. The molecule has 5 heteroatoms. The lowest BCUT2D eigenvalue weighted by atomic mass is 10.1. The van der Waals surface area contributed by atoms with Crippen LogP contribution in [0.15, 0.2) is 78.9 Å². The van der Waals surface area contributed by atoms with E-state index in [1.54, 1.807) is 42.5 Å². The molecule has 146 valence electrons. The molecular formula is C24H19ClO4. The lowest BCUT2D eigenvalue weighted by Crippen LogP contribution is -2.01. The number of carbonyl (C=O) groups is 2. The van der Waals surface area contributed by atoms with Crippen molar-refractivity contribution >= 4 is 29.4 Å². The predicted octanol–water partition coefficient (Wildman–Crippen LogP) is 5.60. The zero-order valence-corrected chi connectivity index (χ0v) is 16.6. The molecular weight excluding hydrogens is 388 g/mol. The van der Waals surface area contributed by atoms with Crippen molar-refractivity contribution in [1.82, 2.24) is 0 Å². The van der Waals surface area contributed by atoms with Crippen molar-refractivity contribution in [2.24, 2.45) is 0 Å². The topological polar surface area (TPSA) is 52.6 Å². The van der Waals surface area contributed by atoms with Crippen molar-refractivity contribution in [2.75, 3.05) is 7.11 Å². The van der Waals surface area contributed by atoms with Crippen LogP contribution in [0.2, 0.25) is 5.02 Å². The molecule has 4 nitrogen and oxygen atoms in total. The molecule has 0 aliphatic heterocycles. The predicted molar refractivity (Wildman–Crippen MR) is 113 cm³/mol. The Labute approximate surface area is 174 Å². The number of hydrogen-bond donors (Lipinski definition) is 0. The van der Waals surface area contributed by atoms with Crippen LogP contribution in [-0.4, -0.2) is 18.9 Å². The Morgan fingerprint density at radius 2 is 1.48 bits per heavy atom. The van der Waals surface area contributed by atoms with Gasteiger partial charge in [-0.15, -0.1) is 0 Å². The Bertz CT molecular complexity index is 1000. The molecule has 0 N–H and O–H groups in total.